The van der Waals surface area contributed by atoms with E-state index in [4.69, 9.17) is 0 Å². The van der Waals surface area contributed by atoms with Crippen molar-refractivity contribution >= 4 is 6.34 Å². The first-order valence-electron chi connectivity index (χ1n) is 6.53. The minimum atomic E-state index is 0.758. The van der Waals surface area contributed by atoms with Crippen LogP contribution in [0.5, 0.6) is 0 Å². The van der Waals surface area contributed by atoms with E-state index in [-0.39, 0.29) is 0 Å². The van der Waals surface area contributed by atoms with Crippen LogP contribution in [0.2, 0.25) is 0 Å². The minimum absolute atomic E-state index is 0.758. The summed E-state index contributed by atoms with van der Waals surface area (Å²) in [6.45, 7) is 1.88. The van der Waals surface area contributed by atoms with Gasteiger partial charge in [0.1, 0.15) is 19.3 Å². The Kier molecular flexibility index (Phi) is 3.25. The van der Waals surface area contributed by atoms with E-state index >= 15 is 0 Å². The summed E-state index contributed by atoms with van der Waals surface area (Å²) in [5.41, 5.74) is 2.66. The maximum atomic E-state index is 4.30. The Morgan fingerprint density at radius 3 is 1.68 bits per heavy atom. The molecule has 94 valence electrons. The van der Waals surface area contributed by atoms with Crippen molar-refractivity contribution in [1.82, 2.24) is 0 Å². The van der Waals surface area contributed by atoms with Crippen LogP contribution in [0.15, 0.2) is 78.1 Å². The van der Waals surface area contributed by atoms with E-state index in [0.29, 0.717) is 0 Å². The molecule has 0 aromatic heterocycles. The molecular formula is C17H17N2+. The molecule has 0 fully saturated rings. The first kappa shape index (κ1) is 11.9. The predicted octanol–water partition coefficient (Wildman–Crippen LogP) is 3.72. The van der Waals surface area contributed by atoms with Crippen molar-refractivity contribution in [1.29, 1.82) is 0 Å². The maximum Gasteiger partial charge on any atom is 0.195 e. The van der Waals surface area contributed by atoms with Gasteiger partial charge in [0.2, 0.25) is 0 Å². The van der Waals surface area contributed by atoms with Gasteiger partial charge in [-0.15, -0.1) is 0 Å². The topological polar surface area (TPSA) is 12.4 Å². The van der Waals surface area contributed by atoms with Crippen LogP contribution in [-0.4, -0.2) is 10.8 Å². The Bertz CT molecular complexity index is 530. The minimum Gasteiger partial charge on any atom is -0.246 e. The first-order chi connectivity index (χ1) is 9.36. The average Bonchev–Trinajstić information content (AvgIpc) is 2.89. The summed E-state index contributed by atoms with van der Waals surface area (Å²) < 4.78 is 0.758. The first-order valence-corrected chi connectivity index (χ1v) is 6.53. The van der Waals surface area contributed by atoms with Gasteiger partial charge in [0.25, 0.3) is 0 Å². The predicted molar refractivity (Wildman–Crippen MR) is 78.2 cm³/mol. The van der Waals surface area contributed by atoms with E-state index in [2.05, 4.69) is 71.9 Å². The summed E-state index contributed by atoms with van der Waals surface area (Å²) in [6.07, 6.45) is 6.09. The van der Waals surface area contributed by atoms with Gasteiger partial charge in [-0.25, -0.2) is 9.48 Å². The molecule has 19 heavy (non-hydrogen) atoms. The van der Waals surface area contributed by atoms with Crippen LogP contribution < -0.4 is 0 Å². The molecule has 0 atom stereocenters. The highest BCUT2D eigenvalue weighted by Crippen LogP contribution is 2.21. The number of rotatable bonds is 4. The lowest BCUT2D eigenvalue weighted by Crippen LogP contribution is -2.38. The number of aliphatic imine (C=N–C) groups is 1. The van der Waals surface area contributed by atoms with Crippen LogP contribution in [0.4, 0.5) is 0 Å². The summed E-state index contributed by atoms with van der Waals surface area (Å²) in [5.74, 6) is 0. The SMILES string of the molecule is C1=C[N+](Cc2ccccc2)(Cc2ccccc2)C=N1. The van der Waals surface area contributed by atoms with E-state index in [1.807, 2.05) is 12.5 Å². The smallest absolute Gasteiger partial charge is 0.195 e. The van der Waals surface area contributed by atoms with Crippen LogP contribution in [0.1, 0.15) is 11.1 Å². The molecule has 2 aromatic carbocycles. The average molecular weight is 249 g/mol. The molecule has 0 saturated heterocycles. The molecule has 0 bridgehead atoms. The fraction of sp³-hybridized carbons (Fsp3) is 0.118. The number of benzene rings is 2. The molecule has 0 saturated carbocycles. The van der Waals surface area contributed by atoms with Crippen LogP contribution in [0.3, 0.4) is 0 Å². The van der Waals surface area contributed by atoms with Gasteiger partial charge in [-0.05, 0) is 0 Å². The van der Waals surface area contributed by atoms with Gasteiger partial charge >= 0.3 is 0 Å². The second kappa shape index (κ2) is 5.21. The molecule has 1 aliphatic rings. The zero-order valence-electron chi connectivity index (χ0n) is 10.8. The molecule has 2 nitrogen and oxygen atoms in total. The van der Waals surface area contributed by atoms with E-state index < -0.39 is 0 Å². The molecule has 0 N–H and O–H groups in total. The monoisotopic (exact) mass is 249 g/mol. The normalized spacial score (nSPS) is 15.8. The van der Waals surface area contributed by atoms with Crippen molar-refractivity contribution < 1.29 is 4.48 Å². The second-order valence-electron chi connectivity index (χ2n) is 4.95. The maximum absolute atomic E-state index is 4.30. The Balaban J connectivity index is 1.84. The highest BCUT2D eigenvalue weighted by atomic mass is 15.4. The van der Waals surface area contributed by atoms with Crippen LogP contribution in [-0.2, 0) is 13.1 Å². The second-order valence-corrected chi connectivity index (χ2v) is 4.95. The summed E-state index contributed by atoms with van der Waals surface area (Å²) in [5, 5.41) is 0. The Morgan fingerprint density at radius 1 is 0.737 bits per heavy atom. The highest BCUT2D eigenvalue weighted by Gasteiger charge is 2.26. The van der Waals surface area contributed by atoms with Gasteiger partial charge in [-0.2, -0.15) is 0 Å². The Morgan fingerprint density at radius 2 is 1.26 bits per heavy atom. The fourth-order valence-corrected chi connectivity index (χ4v) is 2.47. The van der Waals surface area contributed by atoms with Gasteiger partial charge in [0.15, 0.2) is 6.34 Å². The number of hydrogen-bond acceptors (Lipinski definition) is 1. The fourth-order valence-electron chi connectivity index (χ4n) is 2.47. The van der Waals surface area contributed by atoms with Crippen LogP contribution in [0.25, 0.3) is 0 Å². The molecule has 0 amide bonds. The number of nitrogens with zero attached hydrogens (tertiary/aromatic N) is 2. The summed E-state index contributed by atoms with van der Waals surface area (Å²) in [7, 11) is 0. The Labute approximate surface area is 113 Å². The van der Waals surface area contributed by atoms with Crippen LogP contribution in [0, 0.1) is 0 Å². The van der Waals surface area contributed by atoms with Crippen molar-refractivity contribution in [3.63, 3.8) is 0 Å². The molecular weight excluding hydrogens is 232 g/mol. The highest BCUT2D eigenvalue weighted by molar-refractivity contribution is 5.51. The van der Waals surface area contributed by atoms with E-state index in [1.165, 1.54) is 11.1 Å². The van der Waals surface area contributed by atoms with Gasteiger partial charge in [-0.1, -0.05) is 60.7 Å². The third-order valence-corrected chi connectivity index (χ3v) is 3.39. The molecule has 1 aliphatic heterocycles. The van der Waals surface area contributed by atoms with Crippen LogP contribution >= 0.6 is 0 Å². The van der Waals surface area contributed by atoms with Crippen molar-refractivity contribution in [3.8, 4) is 0 Å². The largest absolute Gasteiger partial charge is 0.246 e. The lowest BCUT2D eigenvalue weighted by molar-refractivity contribution is -0.808. The van der Waals surface area contributed by atoms with Gasteiger partial charge in [0.05, 0.1) is 6.20 Å². The molecule has 2 heteroatoms. The molecule has 0 radical (unpaired) electrons. The molecule has 1 heterocycles. The van der Waals surface area contributed by atoms with Gasteiger partial charge < -0.3 is 0 Å². The van der Waals surface area contributed by atoms with E-state index in [9.17, 15) is 0 Å². The number of hydrogen-bond donors (Lipinski definition) is 0. The quantitative estimate of drug-likeness (QED) is 0.732. The van der Waals surface area contributed by atoms with Crippen molar-refractivity contribution in [2.45, 2.75) is 13.1 Å². The standard InChI is InChI=1S/C17H17N2/c1-3-7-16(8-4-1)13-19(12-11-18-15-19)14-17-9-5-2-6-10-17/h1-12,15H,13-14H2/q+1. The van der Waals surface area contributed by atoms with Crippen molar-refractivity contribution in [2.24, 2.45) is 4.99 Å². The van der Waals surface area contributed by atoms with E-state index in [0.717, 1.165) is 17.6 Å². The molecule has 0 aliphatic carbocycles. The molecule has 0 unspecified atom stereocenters. The van der Waals surface area contributed by atoms with Crippen molar-refractivity contribution in [2.75, 3.05) is 0 Å². The third-order valence-electron chi connectivity index (χ3n) is 3.39. The Hall–Kier alpha value is -2.19. The molecule has 2 aromatic rings. The van der Waals surface area contributed by atoms with Gasteiger partial charge in [0, 0.05) is 11.1 Å². The zero-order chi connectivity index (χ0) is 13.0. The lowest BCUT2D eigenvalue weighted by Gasteiger charge is -2.27. The van der Waals surface area contributed by atoms with Crippen molar-refractivity contribution in [3.05, 3.63) is 84.2 Å². The van der Waals surface area contributed by atoms with E-state index in [1.54, 1.807) is 0 Å². The molecule has 0 spiro atoms. The summed E-state index contributed by atoms with van der Waals surface area (Å²) in [4.78, 5) is 4.30. The number of quaternary nitrogens is 1. The zero-order valence-corrected chi connectivity index (χ0v) is 10.8. The lowest BCUT2D eigenvalue weighted by atomic mass is 10.1. The molecule has 3 rings (SSSR count). The summed E-state index contributed by atoms with van der Waals surface area (Å²) >= 11 is 0. The third kappa shape index (κ3) is 2.80. The van der Waals surface area contributed by atoms with Gasteiger partial charge in [-0.3, -0.25) is 0 Å². The summed E-state index contributed by atoms with van der Waals surface area (Å²) in [6, 6.07) is 21.1.